The molecule has 0 N–H and O–H groups in total. The van der Waals surface area contributed by atoms with Crippen molar-refractivity contribution in [2.24, 2.45) is 17.8 Å². The van der Waals surface area contributed by atoms with Crippen LogP contribution in [-0.2, 0) is 9.59 Å². The lowest BCUT2D eigenvalue weighted by atomic mass is 9.89. The van der Waals surface area contributed by atoms with E-state index >= 15 is 0 Å². The van der Waals surface area contributed by atoms with Gasteiger partial charge in [0.1, 0.15) is 11.6 Å². The molecule has 2 nitrogen and oxygen atoms in total. The second kappa shape index (κ2) is 3.09. The molecular weight excluding hydrogens is 164 g/mol. The quantitative estimate of drug-likeness (QED) is 0.604. The second-order valence-electron chi connectivity index (χ2n) is 4.17. The van der Waals surface area contributed by atoms with Gasteiger partial charge in [0, 0.05) is 25.2 Å². The molecule has 2 aliphatic carbocycles. The zero-order valence-electron chi connectivity index (χ0n) is 7.66. The number of fused-ring (bicyclic) bond motifs is 1. The number of carbonyl (C=O) groups is 2. The Kier molecular flexibility index (Phi) is 2.06. The number of ketones is 2. The summed E-state index contributed by atoms with van der Waals surface area (Å²) < 4.78 is 0. The Hall–Kier alpha value is -0.920. The molecule has 0 saturated heterocycles. The Labute approximate surface area is 78.0 Å². The van der Waals surface area contributed by atoms with Crippen molar-refractivity contribution in [2.45, 2.75) is 25.7 Å². The van der Waals surface area contributed by atoms with Crippen LogP contribution in [0.4, 0.5) is 0 Å². The summed E-state index contributed by atoms with van der Waals surface area (Å²) in [6.45, 7) is 3.65. The van der Waals surface area contributed by atoms with Gasteiger partial charge in [0.2, 0.25) is 0 Å². The minimum absolute atomic E-state index is 0.106. The first-order chi connectivity index (χ1) is 6.22. The van der Waals surface area contributed by atoms with Gasteiger partial charge < -0.3 is 0 Å². The van der Waals surface area contributed by atoms with Crippen molar-refractivity contribution < 1.29 is 9.59 Å². The van der Waals surface area contributed by atoms with Crippen LogP contribution in [-0.4, -0.2) is 11.6 Å². The maximum absolute atomic E-state index is 11.5. The van der Waals surface area contributed by atoms with E-state index in [0.29, 0.717) is 42.7 Å². The summed E-state index contributed by atoms with van der Waals surface area (Å²) in [5, 5.41) is 0. The van der Waals surface area contributed by atoms with Crippen molar-refractivity contribution in [3.05, 3.63) is 12.7 Å². The first-order valence-electron chi connectivity index (χ1n) is 4.87. The summed E-state index contributed by atoms with van der Waals surface area (Å²) in [7, 11) is 0. The van der Waals surface area contributed by atoms with Crippen molar-refractivity contribution in [1.82, 2.24) is 0 Å². The average Bonchev–Trinajstić information content (AvgIpc) is 2.52. The van der Waals surface area contributed by atoms with E-state index in [4.69, 9.17) is 0 Å². The standard InChI is InChI=1S/C11H14O2/c1-2-3-9-10-6-8(12)4-7(10)5-11(9)13/h2,7,9-10H,1,3-6H2/t7-,9?,10-/m1/s1. The van der Waals surface area contributed by atoms with Gasteiger partial charge >= 0.3 is 0 Å². The van der Waals surface area contributed by atoms with Crippen LogP contribution in [0.25, 0.3) is 0 Å². The van der Waals surface area contributed by atoms with E-state index in [2.05, 4.69) is 6.58 Å². The molecule has 1 unspecified atom stereocenters. The maximum atomic E-state index is 11.5. The minimum atomic E-state index is 0.106. The van der Waals surface area contributed by atoms with E-state index < -0.39 is 0 Å². The molecule has 2 rings (SSSR count). The fourth-order valence-electron chi connectivity index (χ4n) is 2.79. The molecular formula is C11H14O2. The van der Waals surface area contributed by atoms with E-state index in [0.717, 1.165) is 6.42 Å². The molecule has 2 aliphatic rings. The first-order valence-corrected chi connectivity index (χ1v) is 4.87. The molecule has 0 amide bonds. The van der Waals surface area contributed by atoms with Gasteiger partial charge in [-0.3, -0.25) is 9.59 Å². The van der Waals surface area contributed by atoms with Crippen LogP contribution in [0.5, 0.6) is 0 Å². The molecule has 2 saturated carbocycles. The van der Waals surface area contributed by atoms with Crippen LogP contribution in [0.15, 0.2) is 12.7 Å². The molecule has 0 aromatic carbocycles. The third-order valence-corrected chi connectivity index (χ3v) is 3.37. The van der Waals surface area contributed by atoms with E-state index in [1.807, 2.05) is 0 Å². The fraction of sp³-hybridized carbons (Fsp3) is 0.636. The van der Waals surface area contributed by atoms with E-state index in [1.54, 1.807) is 6.08 Å². The molecule has 2 heteroatoms. The lowest BCUT2D eigenvalue weighted by molar-refractivity contribution is -0.122. The Morgan fingerprint density at radius 3 is 2.77 bits per heavy atom. The summed E-state index contributed by atoms with van der Waals surface area (Å²) in [6, 6.07) is 0. The Morgan fingerprint density at radius 1 is 1.31 bits per heavy atom. The van der Waals surface area contributed by atoms with Crippen LogP contribution in [0.3, 0.4) is 0 Å². The summed E-state index contributed by atoms with van der Waals surface area (Å²) in [6.07, 6.45) is 4.47. The molecule has 0 bridgehead atoms. The molecule has 0 spiro atoms. The highest BCUT2D eigenvalue weighted by molar-refractivity contribution is 5.90. The molecule has 0 heterocycles. The average molecular weight is 178 g/mol. The van der Waals surface area contributed by atoms with Gasteiger partial charge in [0.05, 0.1) is 0 Å². The third kappa shape index (κ3) is 1.34. The monoisotopic (exact) mass is 178 g/mol. The second-order valence-corrected chi connectivity index (χ2v) is 4.17. The number of Topliss-reactive ketones (excluding diaryl/α,β-unsaturated/α-hetero) is 2. The smallest absolute Gasteiger partial charge is 0.136 e. The number of carbonyl (C=O) groups excluding carboxylic acids is 2. The van der Waals surface area contributed by atoms with Gasteiger partial charge in [-0.15, -0.1) is 6.58 Å². The SMILES string of the molecule is C=CCC1C(=O)C[C@H]2CC(=O)C[C@@H]12. The van der Waals surface area contributed by atoms with Crippen LogP contribution in [0.1, 0.15) is 25.7 Å². The molecule has 0 aromatic heterocycles. The molecule has 13 heavy (non-hydrogen) atoms. The maximum Gasteiger partial charge on any atom is 0.136 e. The van der Waals surface area contributed by atoms with Crippen molar-refractivity contribution in [1.29, 1.82) is 0 Å². The molecule has 0 radical (unpaired) electrons. The molecule has 0 aromatic rings. The Morgan fingerprint density at radius 2 is 2.08 bits per heavy atom. The molecule has 2 fully saturated rings. The van der Waals surface area contributed by atoms with Crippen molar-refractivity contribution >= 4 is 11.6 Å². The van der Waals surface area contributed by atoms with Crippen molar-refractivity contribution in [3.8, 4) is 0 Å². The Balaban J connectivity index is 2.14. The number of hydrogen-bond donors (Lipinski definition) is 0. The number of allylic oxidation sites excluding steroid dienone is 1. The molecule has 0 aliphatic heterocycles. The largest absolute Gasteiger partial charge is 0.300 e. The van der Waals surface area contributed by atoms with Gasteiger partial charge in [-0.25, -0.2) is 0 Å². The highest BCUT2D eigenvalue weighted by Gasteiger charge is 2.46. The zero-order chi connectivity index (χ0) is 9.42. The predicted molar refractivity (Wildman–Crippen MR) is 49.1 cm³/mol. The minimum Gasteiger partial charge on any atom is -0.300 e. The molecule has 70 valence electrons. The van der Waals surface area contributed by atoms with Gasteiger partial charge in [-0.1, -0.05) is 6.08 Å². The zero-order valence-corrected chi connectivity index (χ0v) is 7.66. The summed E-state index contributed by atoms with van der Waals surface area (Å²) in [5.41, 5.74) is 0. The van der Waals surface area contributed by atoms with Crippen LogP contribution < -0.4 is 0 Å². The summed E-state index contributed by atoms with van der Waals surface area (Å²) >= 11 is 0. The number of rotatable bonds is 2. The van der Waals surface area contributed by atoms with Gasteiger partial charge in [0.15, 0.2) is 0 Å². The lowest BCUT2D eigenvalue weighted by Crippen LogP contribution is -2.14. The molecule has 3 atom stereocenters. The third-order valence-electron chi connectivity index (χ3n) is 3.37. The summed E-state index contributed by atoms with van der Waals surface area (Å²) in [5.74, 6) is 1.51. The van der Waals surface area contributed by atoms with Gasteiger partial charge in [0.25, 0.3) is 0 Å². The predicted octanol–water partition coefficient (Wildman–Crippen LogP) is 1.75. The van der Waals surface area contributed by atoms with E-state index in [9.17, 15) is 9.59 Å². The Bertz CT molecular complexity index is 267. The first kappa shape index (κ1) is 8.67. The van der Waals surface area contributed by atoms with Gasteiger partial charge in [-0.2, -0.15) is 0 Å². The fourth-order valence-corrected chi connectivity index (χ4v) is 2.79. The highest BCUT2D eigenvalue weighted by atomic mass is 16.1. The van der Waals surface area contributed by atoms with Crippen molar-refractivity contribution in [2.75, 3.05) is 0 Å². The normalized spacial score (nSPS) is 38.0. The number of hydrogen-bond acceptors (Lipinski definition) is 2. The van der Waals surface area contributed by atoms with E-state index in [1.165, 1.54) is 0 Å². The van der Waals surface area contributed by atoms with Crippen LogP contribution in [0.2, 0.25) is 0 Å². The van der Waals surface area contributed by atoms with Crippen LogP contribution >= 0.6 is 0 Å². The topological polar surface area (TPSA) is 34.1 Å². The van der Waals surface area contributed by atoms with E-state index in [-0.39, 0.29) is 5.92 Å². The summed E-state index contributed by atoms with van der Waals surface area (Å²) in [4.78, 5) is 22.7. The van der Waals surface area contributed by atoms with Gasteiger partial charge in [-0.05, 0) is 18.3 Å². The highest BCUT2D eigenvalue weighted by Crippen LogP contribution is 2.45. The lowest BCUT2D eigenvalue weighted by Gasteiger charge is -2.13. The van der Waals surface area contributed by atoms with Crippen LogP contribution in [0, 0.1) is 17.8 Å². The van der Waals surface area contributed by atoms with Crippen molar-refractivity contribution in [3.63, 3.8) is 0 Å².